The molecule has 0 bridgehead atoms. The minimum absolute atomic E-state index is 0.0265. The van der Waals surface area contributed by atoms with E-state index in [1.807, 2.05) is 0 Å². The van der Waals surface area contributed by atoms with Crippen molar-refractivity contribution in [2.24, 2.45) is 5.14 Å². The van der Waals surface area contributed by atoms with E-state index < -0.39 is 41.5 Å². The van der Waals surface area contributed by atoms with E-state index in [1.165, 1.54) is 17.1 Å². The molecule has 23 heavy (non-hydrogen) atoms. The second-order valence-corrected chi connectivity index (χ2v) is 6.38. The first-order valence-corrected chi connectivity index (χ1v) is 8.15. The lowest BCUT2D eigenvalue weighted by Crippen LogP contribution is -2.35. The Labute approximate surface area is 134 Å². The molecule has 0 radical (unpaired) electrons. The number of aliphatic hydroxyl groups is 2. The van der Waals surface area contributed by atoms with Crippen LogP contribution in [0.15, 0.2) is 12.5 Å². The number of imidazole rings is 1. The molecule has 0 amide bonds. The van der Waals surface area contributed by atoms with Crippen molar-refractivity contribution in [1.82, 2.24) is 19.5 Å². The molecule has 13 heteroatoms. The zero-order chi connectivity index (χ0) is 16.8. The predicted octanol–water partition coefficient (Wildman–Crippen LogP) is -1.68. The number of hydrogen-bond donors (Lipinski definition) is 3. The lowest BCUT2D eigenvalue weighted by molar-refractivity contribution is -0.0467. The molecule has 1 fully saturated rings. The third-order valence-electron chi connectivity index (χ3n) is 3.29. The third kappa shape index (κ3) is 3.28. The number of aliphatic hydroxyl groups excluding tert-OH is 2. The van der Waals surface area contributed by atoms with Crippen LogP contribution >= 0.6 is 11.6 Å². The van der Waals surface area contributed by atoms with Gasteiger partial charge in [0.25, 0.3) is 0 Å². The summed E-state index contributed by atoms with van der Waals surface area (Å²) in [5, 5.41) is 24.8. The summed E-state index contributed by atoms with van der Waals surface area (Å²) < 4.78 is 32.8. The van der Waals surface area contributed by atoms with Crippen LogP contribution in [0.3, 0.4) is 0 Å². The zero-order valence-electron chi connectivity index (χ0n) is 11.4. The summed E-state index contributed by atoms with van der Waals surface area (Å²) in [6, 6.07) is 0. The Kier molecular flexibility index (Phi) is 4.22. The minimum Gasteiger partial charge on any atom is -0.387 e. The Morgan fingerprint density at radius 3 is 2.83 bits per heavy atom. The highest BCUT2D eigenvalue weighted by molar-refractivity contribution is 7.84. The summed E-state index contributed by atoms with van der Waals surface area (Å²) in [6.07, 6.45) is -2.20. The van der Waals surface area contributed by atoms with Crippen LogP contribution in [-0.4, -0.2) is 63.1 Å². The quantitative estimate of drug-likeness (QED) is 0.537. The van der Waals surface area contributed by atoms with Crippen molar-refractivity contribution < 1.29 is 27.6 Å². The molecule has 3 rings (SSSR count). The van der Waals surface area contributed by atoms with Gasteiger partial charge in [-0.2, -0.15) is 13.4 Å². The molecule has 4 N–H and O–H groups in total. The lowest BCUT2D eigenvalue weighted by Gasteiger charge is -2.16. The Morgan fingerprint density at radius 1 is 1.39 bits per heavy atom. The molecule has 2 aromatic heterocycles. The van der Waals surface area contributed by atoms with E-state index >= 15 is 0 Å². The van der Waals surface area contributed by atoms with E-state index in [1.54, 1.807) is 0 Å². The van der Waals surface area contributed by atoms with Gasteiger partial charge in [-0.1, -0.05) is 0 Å². The normalized spacial score (nSPS) is 28.5. The number of halogens is 1. The molecule has 1 aliphatic rings. The SMILES string of the molecule is NS(=O)(=O)OC[C@H]1O[C@@H](n2cnc3cnc(Cl)nc32)[C@H](O)[C@@H]1O. The van der Waals surface area contributed by atoms with Gasteiger partial charge < -0.3 is 14.9 Å². The van der Waals surface area contributed by atoms with Gasteiger partial charge in [0.2, 0.25) is 5.28 Å². The highest BCUT2D eigenvalue weighted by atomic mass is 35.5. The second-order valence-electron chi connectivity index (χ2n) is 4.82. The maximum Gasteiger partial charge on any atom is 0.333 e. The first-order valence-electron chi connectivity index (χ1n) is 6.30. The molecule has 11 nitrogen and oxygen atoms in total. The highest BCUT2D eigenvalue weighted by Gasteiger charge is 2.44. The van der Waals surface area contributed by atoms with Crippen molar-refractivity contribution in [2.75, 3.05) is 6.61 Å². The van der Waals surface area contributed by atoms with E-state index in [0.717, 1.165) is 0 Å². The maximum absolute atomic E-state index is 10.8. The van der Waals surface area contributed by atoms with Crippen LogP contribution in [0.5, 0.6) is 0 Å². The van der Waals surface area contributed by atoms with E-state index in [2.05, 4.69) is 19.1 Å². The lowest BCUT2D eigenvalue weighted by atomic mass is 10.1. The van der Waals surface area contributed by atoms with E-state index in [-0.39, 0.29) is 10.9 Å². The van der Waals surface area contributed by atoms with Crippen LogP contribution in [0.2, 0.25) is 5.28 Å². The van der Waals surface area contributed by atoms with E-state index in [4.69, 9.17) is 21.5 Å². The highest BCUT2D eigenvalue weighted by Crippen LogP contribution is 2.31. The number of nitrogens with two attached hydrogens (primary N) is 1. The van der Waals surface area contributed by atoms with Gasteiger partial charge in [-0.25, -0.2) is 15.1 Å². The number of rotatable bonds is 4. The van der Waals surface area contributed by atoms with E-state index in [9.17, 15) is 18.6 Å². The van der Waals surface area contributed by atoms with E-state index in [0.29, 0.717) is 5.52 Å². The predicted molar refractivity (Wildman–Crippen MR) is 75.3 cm³/mol. The molecule has 4 atom stereocenters. The summed E-state index contributed by atoms with van der Waals surface area (Å²) in [5.41, 5.74) is 0.693. The molecular weight excluding hydrogens is 354 g/mol. The maximum atomic E-state index is 10.8. The topological polar surface area (TPSA) is 163 Å². The smallest absolute Gasteiger partial charge is 0.333 e. The third-order valence-corrected chi connectivity index (χ3v) is 3.94. The van der Waals surface area contributed by atoms with Crippen LogP contribution in [0.4, 0.5) is 0 Å². The molecule has 0 aliphatic carbocycles. The number of aromatic nitrogens is 4. The summed E-state index contributed by atoms with van der Waals surface area (Å²) >= 11 is 5.73. The molecule has 0 aromatic carbocycles. The van der Waals surface area contributed by atoms with Crippen molar-refractivity contribution in [3.63, 3.8) is 0 Å². The first-order chi connectivity index (χ1) is 10.8. The first kappa shape index (κ1) is 16.4. The monoisotopic (exact) mass is 365 g/mol. The van der Waals surface area contributed by atoms with Crippen LogP contribution in [-0.2, 0) is 19.2 Å². The average molecular weight is 366 g/mol. The Hall–Kier alpha value is -1.41. The van der Waals surface area contributed by atoms with Gasteiger partial charge in [0.15, 0.2) is 11.9 Å². The molecular formula is C10H12ClN5O6S. The minimum atomic E-state index is -4.19. The number of nitrogens with zero attached hydrogens (tertiary/aromatic N) is 4. The van der Waals surface area contributed by atoms with Crippen molar-refractivity contribution in [2.45, 2.75) is 24.5 Å². The van der Waals surface area contributed by atoms with Crippen molar-refractivity contribution in [3.05, 3.63) is 17.8 Å². The Morgan fingerprint density at radius 2 is 2.13 bits per heavy atom. The standard InChI is InChI=1S/C10H12ClN5O6S/c11-10-13-1-4-8(15-10)16(3-14-4)9-7(18)6(17)5(22-9)2-21-23(12,19)20/h1,3,5-7,9,17-18H,2H2,(H2,12,19,20)/t5-,6-,7-,9-/m1/s1. The van der Waals surface area contributed by atoms with Gasteiger partial charge in [-0.15, -0.1) is 0 Å². The van der Waals surface area contributed by atoms with Crippen molar-refractivity contribution in [1.29, 1.82) is 0 Å². The zero-order valence-corrected chi connectivity index (χ0v) is 12.9. The molecule has 0 unspecified atom stereocenters. The molecule has 126 valence electrons. The van der Waals surface area contributed by atoms with Crippen molar-refractivity contribution in [3.8, 4) is 0 Å². The Balaban J connectivity index is 1.86. The van der Waals surface area contributed by atoms with Crippen molar-refractivity contribution >= 4 is 33.1 Å². The second kappa shape index (κ2) is 5.90. The van der Waals surface area contributed by atoms with Crippen LogP contribution in [0, 0.1) is 0 Å². The fourth-order valence-corrected chi connectivity index (χ4v) is 2.70. The molecule has 0 spiro atoms. The number of ether oxygens (including phenoxy) is 1. The molecule has 1 saturated heterocycles. The van der Waals surface area contributed by atoms with Crippen LogP contribution in [0.1, 0.15) is 6.23 Å². The molecule has 3 heterocycles. The molecule has 0 saturated carbocycles. The van der Waals surface area contributed by atoms with Gasteiger partial charge in [0.1, 0.15) is 23.8 Å². The van der Waals surface area contributed by atoms with Crippen LogP contribution < -0.4 is 5.14 Å². The van der Waals surface area contributed by atoms with Crippen LogP contribution in [0.25, 0.3) is 11.2 Å². The summed E-state index contributed by atoms with van der Waals surface area (Å²) in [4.78, 5) is 11.8. The number of fused-ring (bicyclic) bond motifs is 1. The van der Waals surface area contributed by atoms with Gasteiger partial charge in [-0.05, 0) is 11.6 Å². The van der Waals surface area contributed by atoms with Gasteiger partial charge in [0, 0.05) is 0 Å². The largest absolute Gasteiger partial charge is 0.387 e. The fraction of sp³-hybridized carbons (Fsp3) is 0.500. The molecule has 1 aliphatic heterocycles. The summed E-state index contributed by atoms with van der Waals surface area (Å²) in [7, 11) is -4.19. The van der Waals surface area contributed by atoms with Gasteiger partial charge in [0.05, 0.1) is 19.1 Å². The fourth-order valence-electron chi connectivity index (χ4n) is 2.25. The average Bonchev–Trinajstić information content (AvgIpc) is 2.99. The summed E-state index contributed by atoms with van der Waals surface area (Å²) in [5.74, 6) is 0. The van der Waals surface area contributed by atoms with Gasteiger partial charge in [-0.3, -0.25) is 8.75 Å². The number of hydrogen-bond acceptors (Lipinski definition) is 9. The van der Waals surface area contributed by atoms with Gasteiger partial charge >= 0.3 is 10.3 Å². The molecule has 2 aromatic rings. The summed E-state index contributed by atoms with van der Waals surface area (Å²) in [6.45, 7) is -0.546. The Bertz CT molecular complexity index is 828.